The first-order valence-electron chi connectivity index (χ1n) is 5.33. The molecule has 2 rings (SSSR count). The molecule has 6 nitrogen and oxygen atoms in total. The summed E-state index contributed by atoms with van der Waals surface area (Å²) in [6, 6.07) is 6.85. The summed E-state index contributed by atoms with van der Waals surface area (Å²) >= 11 is 0. The number of carbonyl (C=O) groups excluding carboxylic acids is 1. The van der Waals surface area contributed by atoms with Crippen molar-refractivity contribution in [3.8, 4) is 5.75 Å². The number of rotatable bonds is 4. The minimum Gasteiger partial charge on any atom is -0.497 e. The SMILES string of the molecule is COc1ccc(C(=O)Nc2nc(CN)co2)cc1. The van der Waals surface area contributed by atoms with Crippen molar-refractivity contribution in [1.82, 2.24) is 4.98 Å². The monoisotopic (exact) mass is 247 g/mol. The molecule has 1 amide bonds. The largest absolute Gasteiger partial charge is 0.497 e. The summed E-state index contributed by atoms with van der Waals surface area (Å²) in [6.07, 6.45) is 1.41. The molecule has 0 aliphatic carbocycles. The molecule has 0 spiro atoms. The summed E-state index contributed by atoms with van der Waals surface area (Å²) in [5.74, 6) is 0.385. The minimum absolute atomic E-state index is 0.135. The zero-order valence-electron chi connectivity index (χ0n) is 9.84. The van der Waals surface area contributed by atoms with Gasteiger partial charge in [0.25, 0.3) is 5.91 Å². The number of ether oxygens (including phenoxy) is 1. The van der Waals surface area contributed by atoms with Gasteiger partial charge < -0.3 is 14.9 Å². The lowest BCUT2D eigenvalue weighted by molar-refractivity contribution is 0.102. The third-order valence-electron chi connectivity index (χ3n) is 2.33. The third-order valence-corrected chi connectivity index (χ3v) is 2.33. The van der Waals surface area contributed by atoms with E-state index in [0.29, 0.717) is 17.0 Å². The van der Waals surface area contributed by atoms with Gasteiger partial charge in [0.15, 0.2) is 0 Å². The van der Waals surface area contributed by atoms with Crippen LogP contribution in [0.15, 0.2) is 34.9 Å². The Balaban J connectivity index is 2.06. The molecule has 1 aromatic carbocycles. The summed E-state index contributed by atoms with van der Waals surface area (Å²) in [7, 11) is 1.57. The van der Waals surface area contributed by atoms with Crippen LogP contribution in [0.25, 0.3) is 0 Å². The summed E-state index contributed by atoms with van der Waals surface area (Å²) in [6.45, 7) is 0.266. The van der Waals surface area contributed by atoms with Crippen LogP contribution in [0.4, 0.5) is 6.01 Å². The number of methoxy groups -OCH3 is 1. The number of oxazole rings is 1. The molecule has 0 fully saturated rings. The van der Waals surface area contributed by atoms with Gasteiger partial charge in [0, 0.05) is 12.1 Å². The third kappa shape index (κ3) is 2.67. The second-order valence-electron chi connectivity index (χ2n) is 3.53. The van der Waals surface area contributed by atoms with Crippen molar-refractivity contribution in [3.05, 3.63) is 41.8 Å². The molecule has 1 heterocycles. The number of nitrogens with one attached hydrogen (secondary N) is 1. The van der Waals surface area contributed by atoms with E-state index in [1.165, 1.54) is 6.26 Å². The molecule has 0 saturated heterocycles. The standard InChI is InChI=1S/C12H13N3O3/c1-17-10-4-2-8(3-5-10)11(16)15-12-14-9(6-13)7-18-12/h2-5,7H,6,13H2,1H3,(H,14,15,16). The van der Waals surface area contributed by atoms with Crippen molar-refractivity contribution in [3.63, 3.8) is 0 Å². The van der Waals surface area contributed by atoms with E-state index in [2.05, 4.69) is 10.3 Å². The van der Waals surface area contributed by atoms with Crippen molar-refractivity contribution >= 4 is 11.9 Å². The number of nitrogens with zero attached hydrogens (tertiary/aromatic N) is 1. The highest BCUT2D eigenvalue weighted by atomic mass is 16.5. The van der Waals surface area contributed by atoms with Crippen LogP contribution >= 0.6 is 0 Å². The predicted octanol–water partition coefficient (Wildman–Crippen LogP) is 1.39. The molecule has 0 bridgehead atoms. The van der Waals surface area contributed by atoms with Gasteiger partial charge in [-0.1, -0.05) is 0 Å². The number of hydrogen-bond acceptors (Lipinski definition) is 5. The van der Waals surface area contributed by atoms with Crippen LogP contribution in [0, 0.1) is 0 Å². The molecule has 3 N–H and O–H groups in total. The Morgan fingerprint density at radius 3 is 2.72 bits per heavy atom. The van der Waals surface area contributed by atoms with Gasteiger partial charge in [-0.15, -0.1) is 0 Å². The van der Waals surface area contributed by atoms with Crippen molar-refractivity contribution < 1.29 is 13.9 Å². The molecule has 0 aliphatic heterocycles. The Bertz CT molecular complexity index is 534. The number of hydrogen-bond donors (Lipinski definition) is 2. The molecule has 0 atom stereocenters. The van der Waals surface area contributed by atoms with Crippen LogP contribution in [0.3, 0.4) is 0 Å². The Morgan fingerprint density at radius 2 is 2.17 bits per heavy atom. The first-order chi connectivity index (χ1) is 8.72. The molecular weight excluding hydrogens is 234 g/mol. The molecule has 18 heavy (non-hydrogen) atoms. The molecule has 0 unspecified atom stereocenters. The van der Waals surface area contributed by atoms with Crippen molar-refractivity contribution in [2.24, 2.45) is 5.73 Å². The summed E-state index contributed by atoms with van der Waals surface area (Å²) < 4.78 is 10.1. The lowest BCUT2D eigenvalue weighted by Gasteiger charge is -2.02. The number of carbonyl (C=O) groups is 1. The van der Waals surface area contributed by atoms with Crippen LogP contribution < -0.4 is 15.8 Å². The van der Waals surface area contributed by atoms with E-state index >= 15 is 0 Å². The first-order valence-corrected chi connectivity index (χ1v) is 5.33. The number of nitrogens with two attached hydrogens (primary N) is 1. The van der Waals surface area contributed by atoms with Gasteiger partial charge in [-0.2, -0.15) is 4.98 Å². The highest BCUT2D eigenvalue weighted by molar-refractivity contribution is 6.03. The van der Waals surface area contributed by atoms with Gasteiger partial charge in [-0.05, 0) is 24.3 Å². The zero-order chi connectivity index (χ0) is 13.0. The lowest BCUT2D eigenvalue weighted by atomic mass is 10.2. The van der Waals surface area contributed by atoms with Crippen molar-refractivity contribution in [2.75, 3.05) is 12.4 Å². The van der Waals surface area contributed by atoms with Crippen molar-refractivity contribution in [2.45, 2.75) is 6.54 Å². The maximum Gasteiger partial charge on any atom is 0.301 e. The van der Waals surface area contributed by atoms with Gasteiger partial charge in [0.2, 0.25) is 0 Å². The fourth-order valence-corrected chi connectivity index (χ4v) is 1.37. The maximum atomic E-state index is 11.8. The van der Waals surface area contributed by atoms with Gasteiger partial charge in [0.1, 0.15) is 12.0 Å². The number of benzene rings is 1. The maximum absolute atomic E-state index is 11.8. The van der Waals surface area contributed by atoms with Gasteiger partial charge in [-0.3, -0.25) is 10.1 Å². The summed E-state index contributed by atoms with van der Waals surface area (Å²) in [4.78, 5) is 15.8. The Morgan fingerprint density at radius 1 is 1.44 bits per heavy atom. The fraction of sp³-hybridized carbons (Fsp3) is 0.167. The van der Waals surface area contributed by atoms with Crippen LogP contribution in [0.2, 0.25) is 0 Å². The Hall–Kier alpha value is -2.34. The zero-order valence-corrected chi connectivity index (χ0v) is 9.84. The Labute approximate surface area is 104 Å². The molecule has 2 aromatic rings. The molecule has 0 aliphatic rings. The summed E-state index contributed by atoms with van der Waals surface area (Å²) in [5.41, 5.74) is 6.46. The molecule has 1 aromatic heterocycles. The van der Waals surface area contributed by atoms with E-state index in [-0.39, 0.29) is 18.5 Å². The van der Waals surface area contributed by atoms with E-state index in [9.17, 15) is 4.79 Å². The second-order valence-corrected chi connectivity index (χ2v) is 3.53. The van der Waals surface area contributed by atoms with E-state index < -0.39 is 0 Å². The van der Waals surface area contributed by atoms with Crippen molar-refractivity contribution in [1.29, 1.82) is 0 Å². The molecule has 0 radical (unpaired) electrons. The fourth-order valence-electron chi connectivity index (χ4n) is 1.37. The predicted molar refractivity (Wildman–Crippen MR) is 65.3 cm³/mol. The number of aromatic nitrogens is 1. The normalized spacial score (nSPS) is 10.1. The quantitative estimate of drug-likeness (QED) is 0.852. The van der Waals surface area contributed by atoms with Gasteiger partial charge in [-0.25, -0.2) is 0 Å². The van der Waals surface area contributed by atoms with Crippen LogP contribution in [-0.4, -0.2) is 18.0 Å². The minimum atomic E-state index is -0.303. The molecule has 6 heteroatoms. The first kappa shape index (κ1) is 12.1. The second kappa shape index (κ2) is 5.33. The topological polar surface area (TPSA) is 90.4 Å². The Kier molecular flexibility index (Phi) is 3.59. The average molecular weight is 247 g/mol. The molecule has 0 saturated carbocycles. The molecule has 94 valence electrons. The highest BCUT2D eigenvalue weighted by Gasteiger charge is 2.09. The van der Waals surface area contributed by atoms with Crippen LogP contribution in [0.5, 0.6) is 5.75 Å². The average Bonchev–Trinajstić information content (AvgIpc) is 2.86. The van der Waals surface area contributed by atoms with Crippen LogP contribution in [0.1, 0.15) is 16.1 Å². The number of anilines is 1. The lowest BCUT2D eigenvalue weighted by Crippen LogP contribution is -2.12. The smallest absolute Gasteiger partial charge is 0.301 e. The number of amides is 1. The van der Waals surface area contributed by atoms with E-state index in [0.717, 1.165) is 0 Å². The van der Waals surface area contributed by atoms with Crippen LogP contribution in [-0.2, 0) is 6.54 Å². The van der Waals surface area contributed by atoms with Gasteiger partial charge >= 0.3 is 6.01 Å². The van der Waals surface area contributed by atoms with E-state index in [4.69, 9.17) is 14.9 Å². The summed E-state index contributed by atoms with van der Waals surface area (Å²) in [5, 5.41) is 2.54. The van der Waals surface area contributed by atoms with E-state index in [1.54, 1.807) is 31.4 Å². The van der Waals surface area contributed by atoms with E-state index in [1.807, 2.05) is 0 Å². The molecular formula is C12H13N3O3. The highest BCUT2D eigenvalue weighted by Crippen LogP contribution is 2.13. The van der Waals surface area contributed by atoms with Gasteiger partial charge in [0.05, 0.1) is 12.8 Å².